The van der Waals surface area contributed by atoms with Crippen LogP contribution in [0.4, 0.5) is 0 Å². The molecule has 4 nitrogen and oxygen atoms in total. The van der Waals surface area contributed by atoms with Crippen molar-refractivity contribution in [2.45, 2.75) is 11.1 Å². The van der Waals surface area contributed by atoms with Crippen LogP contribution >= 0.6 is 11.8 Å². The van der Waals surface area contributed by atoms with Crippen LogP contribution in [0.15, 0.2) is 72.1 Å². The molecule has 1 atom stereocenters. The van der Waals surface area contributed by atoms with E-state index in [0.29, 0.717) is 5.75 Å². The minimum absolute atomic E-state index is 0.124. The second-order valence-electron chi connectivity index (χ2n) is 4.80. The van der Waals surface area contributed by atoms with Gasteiger partial charge >= 0.3 is 0 Å². The van der Waals surface area contributed by atoms with Gasteiger partial charge in [-0.05, 0) is 5.56 Å². The summed E-state index contributed by atoms with van der Waals surface area (Å²) in [6.45, 7) is 0. The Hall–Kier alpha value is -2.40. The fourth-order valence-electron chi connectivity index (χ4n) is 2.24. The lowest BCUT2D eigenvalue weighted by molar-refractivity contribution is 0.0968. The van der Waals surface area contributed by atoms with Crippen molar-refractivity contribution in [3.8, 4) is 0 Å². The first-order chi connectivity index (χ1) is 10.8. The number of nitrogens with one attached hydrogen (secondary N) is 1. The first-order valence-electron chi connectivity index (χ1n) is 6.97. The van der Waals surface area contributed by atoms with Crippen LogP contribution in [0.2, 0.25) is 0 Å². The van der Waals surface area contributed by atoms with Crippen LogP contribution in [0.1, 0.15) is 21.8 Å². The molecule has 5 heteroatoms. The van der Waals surface area contributed by atoms with Crippen molar-refractivity contribution >= 4 is 17.5 Å². The van der Waals surface area contributed by atoms with Gasteiger partial charge in [0.05, 0.1) is 5.92 Å². The highest BCUT2D eigenvalue weighted by Crippen LogP contribution is 2.27. The fourth-order valence-corrected chi connectivity index (χ4v) is 3.15. The Kier molecular flexibility index (Phi) is 4.65. The number of rotatable bonds is 6. The summed E-state index contributed by atoms with van der Waals surface area (Å²) in [6.07, 6.45) is 1.47. The van der Waals surface area contributed by atoms with E-state index in [-0.39, 0.29) is 11.7 Å². The molecule has 0 saturated heterocycles. The van der Waals surface area contributed by atoms with Crippen LogP contribution in [-0.2, 0) is 0 Å². The van der Waals surface area contributed by atoms with E-state index >= 15 is 0 Å². The zero-order valence-corrected chi connectivity index (χ0v) is 12.7. The summed E-state index contributed by atoms with van der Waals surface area (Å²) in [7, 11) is 0. The smallest absolute Gasteiger partial charge is 0.183 e. The van der Waals surface area contributed by atoms with Crippen molar-refractivity contribution in [2.24, 2.45) is 0 Å². The van der Waals surface area contributed by atoms with Gasteiger partial charge in [0.2, 0.25) is 0 Å². The van der Waals surface area contributed by atoms with E-state index in [9.17, 15) is 4.79 Å². The molecule has 2 aromatic carbocycles. The molecule has 22 heavy (non-hydrogen) atoms. The van der Waals surface area contributed by atoms with Crippen molar-refractivity contribution in [3.05, 3.63) is 78.1 Å². The summed E-state index contributed by atoms with van der Waals surface area (Å²) >= 11 is 1.50. The van der Waals surface area contributed by atoms with E-state index in [1.807, 2.05) is 60.7 Å². The highest BCUT2D eigenvalue weighted by Gasteiger charge is 2.22. The van der Waals surface area contributed by atoms with E-state index in [4.69, 9.17) is 0 Å². The number of ketones is 1. The molecule has 0 aliphatic rings. The van der Waals surface area contributed by atoms with Crippen LogP contribution in [0.25, 0.3) is 0 Å². The molecule has 110 valence electrons. The number of aromatic amines is 1. The van der Waals surface area contributed by atoms with Crippen molar-refractivity contribution in [2.75, 3.05) is 5.75 Å². The van der Waals surface area contributed by atoms with Crippen LogP contribution in [0.5, 0.6) is 0 Å². The van der Waals surface area contributed by atoms with Crippen LogP contribution in [0, 0.1) is 0 Å². The molecule has 3 rings (SSSR count). The summed E-state index contributed by atoms with van der Waals surface area (Å²) in [5.41, 5.74) is 1.75. The van der Waals surface area contributed by atoms with Gasteiger partial charge in [-0.2, -0.15) is 5.10 Å². The molecule has 0 radical (unpaired) electrons. The number of benzene rings is 2. The number of nitrogens with zero attached hydrogens (tertiary/aromatic N) is 2. The lowest BCUT2D eigenvalue weighted by Gasteiger charge is -2.15. The molecule has 0 bridgehead atoms. The predicted molar refractivity (Wildman–Crippen MR) is 87.1 cm³/mol. The molecule has 0 saturated carbocycles. The van der Waals surface area contributed by atoms with Crippen molar-refractivity contribution in [1.29, 1.82) is 0 Å². The van der Waals surface area contributed by atoms with Gasteiger partial charge in [-0.3, -0.25) is 9.89 Å². The molecule has 0 spiro atoms. The second-order valence-corrected chi connectivity index (χ2v) is 5.80. The first-order valence-corrected chi connectivity index (χ1v) is 7.95. The lowest BCUT2D eigenvalue weighted by atomic mass is 9.92. The summed E-state index contributed by atoms with van der Waals surface area (Å²) in [4.78, 5) is 16.9. The number of carbonyl (C=O) groups excluding carboxylic acids is 1. The summed E-state index contributed by atoms with van der Waals surface area (Å²) in [6, 6.07) is 19.3. The highest BCUT2D eigenvalue weighted by atomic mass is 32.2. The van der Waals surface area contributed by atoms with Crippen molar-refractivity contribution < 1.29 is 4.79 Å². The van der Waals surface area contributed by atoms with Gasteiger partial charge in [-0.25, -0.2) is 4.98 Å². The largest absolute Gasteiger partial charge is 0.293 e. The zero-order chi connectivity index (χ0) is 15.2. The third-order valence-corrected chi connectivity index (χ3v) is 4.33. The lowest BCUT2D eigenvalue weighted by Crippen LogP contribution is -2.15. The highest BCUT2D eigenvalue weighted by molar-refractivity contribution is 7.99. The molecule has 1 N–H and O–H groups in total. The van der Waals surface area contributed by atoms with Crippen molar-refractivity contribution in [3.63, 3.8) is 0 Å². The average Bonchev–Trinajstić information content (AvgIpc) is 3.10. The van der Waals surface area contributed by atoms with Crippen LogP contribution in [0.3, 0.4) is 0 Å². The fraction of sp³-hybridized carbons (Fsp3) is 0.118. The number of H-pyrrole nitrogens is 1. The van der Waals surface area contributed by atoms with Gasteiger partial charge in [0.15, 0.2) is 10.9 Å². The quantitative estimate of drug-likeness (QED) is 0.558. The Balaban J connectivity index is 1.84. The second kappa shape index (κ2) is 7.04. The molecule has 1 unspecified atom stereocenters. The Labute approximate surface area is 133 Å². The average molecular weight is 309 g/mol. The Bertz CT molecular complexity index is 714. The minimum Gasteiger partial charge on any atom is -0.293 e. The molecule has 0 amide bonds. The number of thioether (sulfide) groups is 1. The van der Waals surface area contributed by atoms with E-state index in [1.54, 1.807) is 0 Å². The standard InChI is InChI=1S/C17H15N3OS/c21-16(14-9-5-2-6-10-14)15(13-7-3-1-4-8-13)11-22-17-18-12-19-20-17/h1-10,12,15H,11H2,(H,18,19,20). The molecule has 0 aliphatic heterocycles. The van der Waals surface area contributed by atoms with Gasteiger partial charge in [0.25, 0.3) is 0 Å². The Morgan fingerprint density at radius 2 is 1.73 bits per heavy atom. The van der Waals surface area contributed by atoms with Crippen LogP contribution in [-0.4, -0.2) is 26.7 Å². The minimum atomic E-state index is -0.210. The molecule has 0 fully saturated rings. The Morgan fingerprint density at radius 3 is 2.36 bits per heavy atom. The van der Waals surface area contributed by atoms with E-state index in [0.717, 1.165) is 16.3 Å². The molecule has 1 aromatic heterocycles. The summed E-state index contributed by atoms with van der Waals surface area (Å²) in [5, 5.41) is 7.37. The molecular formula is C17H15N3OS. The zero-order valence-electron chi connectivity index (χ0n) is 11.8. The predicted octanol–water partition coefficient (Wildman–Crippen LogP) is 3.56. The van der Waals surface area contributed by atoms with E-state index in [2.05, 4.69) is 15.2 Å². The van der Waals surface area contributed by atoms with E-state index < -0.39 is 0 Å². The molecule has 3 aromatic rings. The number of carbonyl (C=O) groups is 1. The van der Waals surface area contributed by atoms with Gasteiger partial charge in [-0.15, -0.1) is 0 Å². The number of hydrogen-bond donors (Lipinski definition) is 1. The first kappa shape index (κ1) is 14.5. The van der Waals surface area contributed by atoms with Gasteiger partial charge in [0, 0.05) is 11.3 Å². The molecular weight excluding hydrogens is 294 g/mol. The normalized spacial score (nSPS) is 12.0. The maximum absolute atomic E-state index is 12.8. The third kappa shape index (κ3) is 3.43. The topological polar surface area (TPSA) is 58.6 Å². The van der Waals surface area contributed by atoms with Crippen LogP contribution < -0.4 is 0 Å². The van der Waals surface area contributed by atoms with Gasteiger partial charge in [0.1, 0.15) is 6.33 Å². The van der Waals surface area contributed by atoms with Gasteiger partial charge in [-0.1, -0.05) is 72.4 Å². The molecule has 1 heterocycles. The number of hydrogen-bond acceptors (Lipinski definition) is 4. The van der Waals surface area contributed by atoms with Gasteiger partial charge < -0.3 is 0 Å². The molecule has 0 aliphatic carbocycles. The maximum atomic E-state index is 12.8. The third-order valence-electron chi connectivity index (χ3n) is 3.36. The van der Waals surface area contributed by atoms with E-state index in [1.165, 1.54) is 18.1 Å². The number of Topliss-reactive ketones (excluding diaryl/α,β-unsaturated/α-hetero) is 1. The monoisotopic (exact) mass is 309 g/mol. The SMILES string of the molecule is O=C(c1ccccc1)C(CSc1ncn[nH]1)c1ccccc1. The maximum Gasteiger partial charge on any atom is 0.183 e. The Morgan fingerprint density at radius 1 is 1.05 bits per heavy atom. The summed E-state index contributed by atoms with van der Waals surface area (Å²) < 4.78 is 0. The number of aromatic nitrogens is 3. The van der Waals surface area contributed by atoms with Crippen molar-refractivity contribution in [1.82, 2.24) is 15.2 Å². The summed E-state index contributed by atoms with van der Waals surface area (Å²) in [5.74, 6) is 0.532.